The second-order valence-electron chi connectivity index (χ2n) is 8.78. The molecule has 1 aliphatic rings. The van der Waals surface area contributed by atoms with Gasteiger partial charge < -0.3 is 20.3 Å². The number of rotatable bonds is 7. The number of fused-ring (bicyclic) bond motifs is 2. The van der Waals surface area contributed by atoms with Crippen LogP contribution in [0, 0.1) is 13.8 Å². The van der Waals surface area contributed by atoms with Gasteiger partial charge in [0.25, 0.3) is 0 Å². The summed E-state index contributed by atoms with van der Waals surface area (Å²) in [7, 11) is 1.68. The lowest BCUT2D eigenvalue weighted by molar-refractivity contribution is 0.415. The van der Waals surface area contributed by atoms with Crippen molar-refractivity contribution >= 4 is 28.2 Å². The summed E-state index contributed by atoms with van der Waals surface area (Å²) in [6.07, 6.45) is 6.65. The third-order valence-electron chi connectivity index (χ3n) is 6.26. The number of pyridine rings is 1. The van der Waals surface area contributed by atoms with Gasteiger partial charge in [-0.05, 0) is 61.2 Å². The first-order valence-electron chi connectivity index (χ1n) is 11.9. The first kappa shape index (κ1) is 22.7. The van der Waals surface area contributed by atoms with Crippen LogP contribution in [0.25, 0.3) is 22.0 Å². The number of hydrogen-bond donors (Lipinski definition) is 2. The van der Waals surface area contributed by atoms with Crippen molar-refractivity contribution in [1.82, 2.24) is 15.0 Å². The van der Waals surface area contributed by atoms with Gasteiger partial charge in [0.05, 0.1) is 18.3 Å². The highest BCUT2D eigenvalue weighted by atomic mass is 16.5. The molecule has 0 atom stereocenters. The molecule has 2 N–H and O–H groups in total. The van der Waals surface area contributed by atoms with Crippen LogP contribution in [-0.2, 0) is 6.54 Å². The molecular weight excluding hydrogens is 436 g/mol. The largest absolute Gasteiger partial charge is 0.497 e. The standard InChI is InChI=1S/C28H30N6O/c1-5-12-34(28-24-9-8-23(35-4)15-25(24)32-19(3)33-28)17-22-13-20(7-6-18(22)2)21-14-26-27(31-16-21)30-11-10-29-26/h6-11,13-16,29H,5,12,17H2,1-4H3,(H,30,31). The zero-order valence-electron chi connectivity index (χ0n) is 20.6. The molecule has 0 unspecified atom stereocenters. The summed E-state index contributed by atoms with van der Waals surface area (Å²) in [4.78, 5) is 16.5. The van der Waals surface area contributed by atoms with Crippen LogP contribution in [0.5, 0.6) is 5.75 Å². The molecule has 0 amide bonds. The predicted octanol–water partition coefficient (Wildman–Crippen LogP) is 6.04. The lowest BCUT2D eigenvalue weighted by Gasteiger charge is -2.26. The maximum absolute atomic E-state index is 5.42. The summed E-state index contributed by atoms with van der Waals surface area (Å²) < 4.78 is 5.42. The molecule has 0 saturated heterocycles. The van der Waals surface area contributed by atoms with Gasteiger partial charge in [-0.1, -0.05) is 19.1 Å². The van der Waals surface area contributed by atoms with E-state index in [0.717, 1.165) is 70.4 Å². The van der Waals surface area contributed by atoms with Crippen molar-refractivity contribution in [2.75, 3.05) is 29.2 Å². The molecule has 5 rings (SSSR count). The van der Waals surface area contributed by atoms with Crippen molar-refractivity contribution in [3.8, 4) is 16.9 Å². The Balaban J connectivity index is 1.52. The fourth-order valence-electron chi connectivity index (χ4n) is 4.43. The third-order valence-corrected chi connectivity index (χ3v) is 6.26. The molecule has 0 bridgehead atoms. The molecule has 0 radical (unpaired) electrons. The molecule has 0 fully saturated rings. The molecule has 178 valence electrons. The Morgan fingerprint density at radius 1 is 0.943 bits per heavy atom. The lowest BCUT2D eigenvalue weighted by atomic mass is 9.99. The third kappa shape index (κ3) is 4.62. The highest BCUT2D eigenvalue weighted by Gasteiger charge is 2.16. The van der Waals surface area contributed by atoms with Gasteiger partial charge in [0.1, 0.15) is 17.4 Å². The van der Waals surface area contributed by atoms with E-state index < -0.39 is 0 Å². The number of methoxy groups -OCH3 is 1. The molecule has 2 aromatic carbocycles. The van der Waals surface area contributed by atoms with Gasteiger partial charge in [0, 0.05) is 48.7 Å². The monoisotopic (exact) mass is 466 g/mol. The van der Waals surface area contributed by atoms with Crippen molar-refractivity contribution < 1.29 is 4.74 Å². The summed E-state index contributed by atoms with van der Waals surface area (Å²) in [5.41, 5.74) is 6.60. The molecule has 1 aliphatic heterocycles. The first-order valence-corrected chi connectivity index (χ1v) is 11.9. The first-order chi connectivity index (χ1) is 17.1. The van der Waals surface area contributed by atoms with Crippen LogP contribution in [0.1, 0.15) is 30.3 Å². The zero-order chi connectivity index (χ0) is 24.4. The molecule has 2 aromatic heterocycles. The number of hydrogen-bond acceptors (Lipinski definition) is 7. The molecule has 4 aromatic rings. The molecule has 0 spiro atoms. The Bertz CT molecular complexity index is 1410. The van der Waals surface area contributed by atoms with Crippen molar-refractivity contribution in [2.45, 2.75) is 33.7 Å². The highest BCUT2D eigenvalue weighted by Crippen LogP contribution is 2.32. The Morgan fingerprint density at radius 2 is 1.80 bits per heavy atom. The summed E-state index contributed by atoms with van der Waals surface area (Å²) >= 11 is 0. The van der Waals surface area contributed by atoms with Gasteiger partial charge in [0.15, 0.2) is 5.82 Å². The van der Waals surface area contributed by atoms with E-state index in [2.05, 4.69) is 69.7 Å². The average molecular weight is 467 g/mol. The summed E-state index contributed by atoms with van der Waals surface area (Å²) in [6.45, 7) is 7.96. The molecule has 7 heteroatoms. The summed E-state index contributed by atoms with van der Waals surface area (Å²) in [5, 5.41) is 7.46. The van der Waals surface area contributed by atoms with Crippen molar-refractivity contribution in [2.24, 2.45) is 0 Å². The van der Waals surface area contributed by atoms with Crippen molar-refractivity contribution in [1.29, 1.82) is 0 Å². The minimum atomic E-state index is 0.752. The quantitative estimate of drug-likeness (QED) is 0.344. The summed E-state index contributed by atoms with van der Waals surface area (Å²) in [6, 6.07) is 14.8. The average Bonchev–Trinajstić information content (AvgIpc) is 2.88. The number of anilines is 3. The molecule has 0 saturated carbocycles. The van der Waals surface area contributed by atoms with E-state index in [1.807, 2.05) is 37.7 Å². The van der Waals surface area contributed by atoms with Gasteiger partial charge >= 0.3 is 0 Å². The lowest BCUT2D eigenvalue weighted by Crippen LogP contribution is -2.25. The number of aryl methyl sites for hydroxylation is 2. The second-order valence-corrected chi connectivity index (χ2v) is 8.78. The second kappa shape index (κ2) is 9.62. The number of ether oxygens (including phenoxy) is 1. The van der Waals surface area contributed by atoms with E-state index in [-0.39, 0.29) is 0 Å². The van der Waals surface area contributed by atoms with Crippen molar-refractivity contribution in [3.63, 3.8) is 0 Å². The van der Waals surface area contributed by atoms with Crippen LogP contribution < -0.4 is 20.3 Å². The van der Waals surface area contributed by atoms with Crippen LogP contribution in [0.2, 0.25) is 0 Å². The smallest absolute Gasteiger partial charge is 0.153 e. The Hall–Kier alpha value is -4.13. The van der Waals surface area contributed by atoms with Crippen LogP contribution in [0.15, 0.2) is 61.1 Å². The molecular formula is C28H30N6O. The SMILES string of the molecule is CCCN(Cc1cc(-c2cnc3c(c2)NC=CN3)ccc1C)c1nc(C)nc2cc(OC)ccc12. The normalized spacial score (nSPS) is 12.1. The van der Waals surface area contributed by atoms with Gasteiger partial charge in [-0.15, -0.1) is 0 Å². The number of aromatic nitrogens is 3. The Labute approximate surface area is 205 Å². The number of nitrogens with zero attached hydrogens (tertiary/aromatic N) is 4. The zero-order valence-corrected chi connectivity index (χ0v) is 20.6. The minimum absolute atomic E-state index is 0.752. The van der Waals surface area contributed by atoms with Crippen LogP contribution in [-0.4, -0.2) is 28.6 Å². The predicted molar refractivity (Wildman–Crippen MR) is 143 cm³/mol. The van der Waals surface area contributed by atoms with Crippen LogP contribution in [0.4, 0.5) is 17.3 Å². The Morgan fingerprint density at radius 3 is 2.63 bits per heavy atom. The van der Waals surface area contributed by atoms with Crippen molar-refractivity contribution in [3.05, 3.63) is 78.0 Å². The van der Waals surface area contributed by atoms with E-state index in [4.69, 9.17) is 9.72 Å². The van der Waals surface area contributed by atoms with E-state index in [0.29, 0.717) is 0 Å². The van der Waals surface area contributed by atoms with Gasteiger partial charge in [-0.3, -0.25) is 0 Å². The topological polar surface area (TPSA) is 75.2 Å². The molecule has 0 aliphatic carbocycles. The van der Waals surface area contributed by atoms with Gasteiger partial charge in [-0.2, -0.15) is 0 Å². The maximum Gasteiger partial charge on any atom is 0.153 e. The fourth-order valence-corrected chi connectivity index (χ4v) is 4.43. The minimum Gasteiger partial charge on any atom is -0.497 e. The van der Waals surface area contributed by atoms with Gasteiger partial charge in [-0.25, -0.2) is 15.0 Å². The van der Waals surface area contributed by atoms with Gasteiger partial charge in [0.2, 0.25) is 0 Å². The number of nitrogens with one attached hydrogen (secondary N) is 2. The number of benzene rings is 2. The van der Waals surface area contributed by atoms with Crippen LogP contribution >= 0.6 is 0 Å². The van der Waals surface area contributed by atoms with E-state index in [1.54, 1.807) is 7.11 Å². The van der Waals surface area contributed by atoms with E-state index in [1.165, 1.54) is 11.1 Å². The molecule has 35 heavy (non-hydrogen) atoms. The van der Waals surface area contributed by atoms with E-state index in [9.17, 15) is 0 Å². The maximum atomic E-state index is 5.42. The van der Waals surface area contributed by atoms with E-state index >= 15 is 0 Å². The summed E-state index contributed by atoms with van der Waals surface area (Å²) in [5.74, 6) is 3.34. The van der Waals surface area contributed by atoms with Crippen LogP contribution in [0.3, 0.4) is 0 Å². The Kier molecular flexibility index (Phi) is 6.23. The molecule has 3 heterocycles. The highest BCUT2D eigenvalue weighted by molar-refractivity contribution is 5.90. The molecule has 7 nitrogen and oxygen atoms in total. The fraction of sp³-hybridized carbons (Fsp3) is 0.250.